The molecule has 1 aliphatic carbocycles. The van der Waals surface area contributed by atoms with E-state index in [0.717, 1.165) is 11.1 Å². The van der Waals surface area contributed by atoms with Crippen LogP contribution in [0.15, 0.2) is 53.1 Å². The highest BCUT2D eigenvalue weighted by molar-refractivity contribution is 5.55. The highest BCUT2D eigenvalue weighted by atomic mass is 19.4. The van der Waals surface area contributed by atoms with Gasteiger partial charge in [-0.3, -0.25) is 0 Å². The van der Waals surface area contributed by atoms with Crippen LogP contribution in [0.5, 0.6) is 5.75 Å². The standard InChI is InChI=1S/C19H16F3N3O2/c20-19(21,22)26-16-4-2-1-3-13(16)14-9-15(14)18-24-17(25-27-18)12-7-5-11(10-23)6-8-12/h1-8,14-15H,9-10,23H2. The van der Waals surface area contributed by atoms with Crippen LogP contribution in [0, 0.1) is 0 Å². The van der Waals surface area contributed by atoms with Crippen molar-refractivity contribution in [2.24, 2.45) is 5.73 Å². The second-order valence-corrected chi connectivity index (χ2v) is 6.39. The number of halogens is 3. The van der Waals surface area contributed by atoms with E-state index in [9.17, 15) is 13.2 Å². The summed E-state index contributed by atoms with van der Waals surface area (Å²) in [5.74, 6) is 0.414. The van der Waals surface area contributed by atoms with Crippen molar-refractivity contribution in [2.45, 2.75) is 31.2 Å². The number of ether oxygens (including phenoxy) is 1. The van der Waals surface area contributed by atoms with Crippen molar-refractivity contribution in [1.29, 1.82) is 0 Å². The molecule has 1 heterocycles. The van der Waals surface area contributed by atoms with Gasteiger partial charge in [0.25, 0.3) is 0 Å². The normalized spacial score (nSPS) is 19.1. The number of rotatable bonds is 5. The van der Waals surface area contributed by atoms with E-state index in [0.29, 0.717) is 30.2 Å². The van der Waals surface area contributed by atoms with Crippen molar-refractivity contribution >= 4 is 0 Å². The fraction of sp³-hybridized carbons (Fsp3) is 0.263. The molecule has 1 fully saturated rings. The first-order valence-electron chi connectivity index (χ1n) is 8.42. The van der Waals surface area contributed by atoms with Gasteiger partial charge in [-0.05, 0) is 29.5 Å². The van der Waals surface area contributed by atoms with Crippen LogP contribution >= 0.6 is 0 Å². The monoisotopic (exact) mass is 375 g/mol. The van der Waals surface area contributed by atoms with Crippen molar-refractivity contribution in [3.05, 3.63) is 65.5 Å². The molecule has 1 saturated carbocycles. The lowest BCUT2D eigenvalue weighted by Crippen LogP contribution is -2.18. The maximum Gasteiger partial charge on any atom is 0.573 e. The molecule has 0 spiro atoms. The van der Waals surface area contributed by atoms with Gasteiger partial charge in [0, 0.05) is 18.0 Å². The Kier molecular flexibility index (Phi) is 4.35. The van der Waals surface area contributed by atoms with E-state index in [1.807, 2.05) is 24.3 Å². The highest BCUT2D eigenvalue weighted by Gasteiger charge is 2.46. The molecule has 2 unspecified atom stereocenters. The predicted molar refractivity (Wildman–Crippen MR) is 90.8 cm³/mol. The Hall–Kier alpha value is -2.87. The molecular formula is C19H16F3N3O2. The number of benzene rings is 2. The van der Waals surface area contributed by atoms with Gasteiger partial charge in [-0.2, -0.15) is 4.98 Å². The Balaban J connectivity index is 1.52. The van der Waals surface area contributed by atoms with Crippen molar-refractivity contribution in [3.8, 4) is 17.1 Å². The van der Waals surface area contributed by atoms with Crippen LogP contribution in [0.4, 0.5) is 13.2 Å². The van der Waals surface area contributed by atoms with Gasteiger partial charge in [0.2, 0.25) is 11.7 Å². The third-order valence-corrected chi connectivity index (χ3v) is 4.54. The Morgan fingerprint density at radius 2 is 1.81 bits per heavy atom. The largest absolute Gasteiger partial charge is 0.573 e. The van der Waals surface area contributed by atoms with Crippen molar-refractivity contribution < 1.29 is 22.4 Å². The summed E-state index contributed by atoms with van der Waals surface area (Å²) in [5, 5.41) is 3.98. The summed E-state index contributed by atoms with van der Waals surface area (Å²) in [6.07, 6.45) is -4.10. The third-order valence-electron chi connectivity index (χ3n) is 4.54. The van der Waals surface area contributed by atoms with Gasteiger partial charge in [-0.1, -0.05) is 47.6 Å². The molecule has 0 aliphatic heterocycles. The van der Waals surface area contributed by atoms with Gasteiger partial charge in [-0.15, -0.1) is 13.2 Å². The Bertz CT molecular complexity index is 938. The maximum atomic E-state index is 12.6. The Labute approximate surface area is 152 Å². The zero-order valence-electron chi connectivity index (χ0n) is 14.1. The summed E-state index contributed by atoms with van der Waals surface area (Å²) < 4.78 is 47.3. The summed E-state index contributed by atoms with van der Waals surface area (Å²) in [5.41, 5.74) is 7.86. The lowest BCUT2D eigenvalue weighted by Gasteiger charge is -2.12. The van der Waals surface area contributed by atoms with E-state index in [1.54, 1.807) is 12.1 Å². The van der Waals surface area contributed by atoms with Crippen molar-refractivity contribution in [1.82, 2.24) is 10.1 Å². The SMILES string of the molecule is NCc1ccc(-c2noc(C3CC3c3ccccc3OC(F)(F)F)n2)cc1. The lowest BCUT2D eigenvalue weighted by atomic mass is 10.1. The van der Waals surface area contributed by atoms with E-state index in [4.69, 9.17) is 10.3 Å². The minimum atomic E-state index is -4.73. The van der Waals surface area contributed by atoms with Crippen LogP contribution < -0.4 is 10.5 Å². The van der Waals surface area contributed by atoms with Crippen molar-refractivity contribution in [3.63, 3.8) is 0 Å². The molecule has 1 aromatic heterocycles. The summed E-state index contributed by atoms with van der Waals surface area (Å²) in [4.78, 5) is 4.41. The minimum absolute atomic E-state index is 0.118. The van der Waals surface area contributed by atoms with Crippen LogP contribution in [-0.4, -0.2) is 16.5 Å². The number of hydrogen-bond acceptors (Lipinski definition) is 5. The highest BCUT2D eigenvalue weighted by Crippen LogP contribution is 2.56. The average molecular weight is 375 g/mol. The summed E-state index contributed by atoms with van der Waals surface area (Å²) in [6.45, 7) is 0.445. The molecule has 140 valence electrons. The lowest BCUT2D eigenvalue weighted by molar-refractivity contribution is -0.274. The smallest absolute Gasteiger partial charge is 0.405 e. The zero-order chi connectivity index (χ0) is 19.0. The van der Waals surface area contributed by atoms with E-state index in [1.165, 1.54) is 12.1 Å². The first-order valence-corrected chi connectivity index (χ1v) is 8.42. The van der Waals surface area contributed by atoms with E-state index < -0.39 is 6.36 Å². The molecule has 5 nitrogen and oxygen atoms in total. The second-order valence-electron chi connectivity index (χ2n) is 6.39. The molecule has 2 N–H and O–H groups in total. The number of hydrogen-bond donors (Lipinski definition) is 1. The zero-order valence-corrected chi connectivity index (χ0v) is 14.1. The molecule has 8 heteroatoms. The minimum Gasteiger partial charge on any atom is -0.405 e. The van der Waals surface area contributed by atoms with Crippen LogP contribution in [0.25, 0.3) is 11.4 Å². The van der Waals surface area contributed by atoms with Crippen LogP contribution in [-0.2, 0) is 6.54 Å². The molecule has 0 radical (unpaired) electrons. The van der Waals surface area contributed by atoms with Gasteiger partial charge < -0.3 is 15.0 Å². The van der Waals surface area contributed by atoms with Gasteiger partial charge in [0.05, 0.1) is 0 Å². The van der Waals surface area contributed by atoms with Crippen molar-refractivity contribution in [2.75, 3.05) is 0 Å². The predicted octanol–water partition coefficient (Wildman–Crippen LogP) is 4.37. The van der Waals surface area contributed by atoms with Gasteiger partial charge in [0.15, 0.2) is 0 Å². The molecule has 2 atom stereocenters. The van der Waals surface area contributed by atoms with Gasteiger partial charge in [-0.25, -0.2) is 0 Å². The summed E-state index contributed by atoms with van der Waals surface area (Å²) >= 11 is 0. The maximum absolute atomic E-state index is 12.6. The fourth-order valence-electron chi connectivity index (χ4n) is 3.11. The van der Waals surface area contributed by atoms with Crippen LogP contribution in [0.2, 0.25) is 0 Å². The topological polar surface area (TPSA) is 74.2 Å². The third kappa shape index (κ3) is 3.80. The Morgan fingerprint density at radius 1 is 1.07 bits per heavy atom. The van der Waals surface area contributed by atoms with Gasteiger partial charge in [0.1, 0.15) is 5.75 Å². The first kappa shape index (κ1) is 17.5. The number of aromatic nitrogens is 2. The second kappa shape index (κ2) is 6.70. The molecule has 27 heavy (non-hydrogen) atoms. The molecule has 0 saturated heterocycles. The summed E-state index contributed by atoms with van der Waals surface area (Å²) in [6, 6.07) is 13.6. The molecular weight excluding hydrogens is 359 g/mol. The van der Waals surface area contributed by atoms with E-state index in [-0.39, 0.29) is 17.6 Å². The van der Waals surface area contributed by atoms with Crippen LogP contribution in [0.3, 0.4) is 0 Å². The van der Waals surface area contributed by atoms with E-state index in [2.05, 4.69) is 14.9 Å². The number of para-hydroxylation sites is 1. The van der Waals surface area contributed by atoms with Crippen LogP contribution in [0.1, 0.15) is 35.3 Å². The quantitative estimate of drug-likeness (QED) is 0.717. The molecule has 4 rings (SSSR count). The number of nitrogens with zero attached hydrogens (tertiary/aromatic N) is 2. The molecule has 1 aliphatic rings. The first-order chi connectivity index (χ1) is 12.9. The van der Waals surface area contributed by atoms with E-state index >= 15 is 0 Å². The average Bonchev–Trinajstić information content (AvgIpc) is 3.28. The fourth-order valence-corrected chi connectivity index (χ4v) is 3.11. The number of alkyl halides is 3. The Morgan fingerprint density at radius 3 is 2.52 bits per heavy atom. The molecule has 0 amide bonds. The number of nitrogens with two attached hydrogens (primary N) is 1. The molecule has 0 bridgehead atoms. The molecule has 3 aromatic rings. The van der Waals surface area contributed by atoms with Gasteiger partial charge >= 0.3 is 6.36 Å². The molecule has 2 aromatic carbocycles. The summed E-state index contributed by atoms with van der Waals surface area (Å²) in [7, 11) is 0.